The van der Waals surface area contributed by atoms with Crippen molar-refractivity contribution in [1.29, 1.82) is 0 Å². The van der Waals surface area contributed by atoms with E-state index in [0.717, 1.165) is 38.4 Å². The maximum Gasteiger partial charge on any atom is 0.410 e. The minimum atomic E-state index is -0.474. The minimum absolute atomic E-state index is 0.183. The standard InChI is InChI=1S/C20H34N6O3/c1-14-23-17(29-24-14)12-22-18(21-5)25-10-8-16(9-11-25)26(13-15-6-7-15)19(27)28-20(2,3)4/h15-16H,6-13H2,1-5H3,(H,21,22). The predicted molar refractivity (Wildman–Crippen MR) is 109 cm³/mol. The number of piperidine rings is 1. The monoisotopic (exact) mass is 406 g/mol. The number of carbonyl (C=O) groups is 1. The molecule has 0 atom stereocenters. The van der Waals surface area contributed by atoms with Crippen molar-refractivity contribution in [2.24, 2.45) is 10.9 Å². The van der Waals surface area contributed by atoms with Crippen molar-refractivity contribution in [2.45, 2.75) is 71.6 Å². The molecule has 1 amide bonds. The second kappa shape index (κ2) is 9.00. The number of guanidine groups is 1. The van der Waals surface area contributed by atoms with Crippen molar-refractivity contribution in [1.82, 2.24) is 25.3 Å². The van der Waals surface area contributed by atoms with Gasteiger partial charge < -0.3 is 24.4 Å². The molecule has 0 unspecified atom stereocenters. The van der Waals surface area contributed by atoms with Gasteiger partial charge in [-0.15, -0.1) is 0 Å². The fourth-order valence-corrected chi connectivity index (χ4v) is 3.56. The molecule has 3 rings (SSSR count). The Morgan fingerprint density at radius 2 is 2.00 bits per heavy atom. The zero-order valence-electron chi connectivity index (χ0n) is 18.3. The first-order chi connectivity index (χ1) is 13.7. The summed E-state index contributed by atoms with van der Waals surface area (Å²) in [5.74, 6) is 2.60. The van der Waals surface area contributed by atoms with Gasteiger partial charge in [0.15, 0.2) is 11.8 Å². The molecule has 9 nitrogen and oxygen atoms in total. The molecule has 1 aromatic rings. The number of ether oxygens (including phenoxy) is 1. The molecule has 0 aromatic carbocycles. The Bertz CT molecular complexity index is 714. The van der Waals surface area contributed by atoms with Gasteiger partial charge in [0, 0.05) is 32.7 Å². The van der Waals surface area contributed by atoms with E-state index in [-0.39, 0.29) is 12.1 Å². The highest BCUT2D eigenvalue weighted by molar-refractivity contribution is 5.80. The topological polar surface area (TPSA) is 96.1 Å². The van der Waals surface area contributed by atoms with E-state index < -0.39 is 5.60 Å². The lowest BCUT2D eigenvalue weighted by atomic mass is 10.0. The van der Waals surface area contributed by atoms with Gasteiger partial charge in [0.2, 0.25) is 5.89 Å². The van der Waals surface area contributed by atoms with Crippen molar-refractivity contribution >= 4 is 12.1 Å². The summed E-state index contributed by atoms with van der Waals surface area (Å²) in [6, 6.07) is 0.207. The van der Waals surface area contributed by atoms with Gasteiger partial charge in [-0.05, 0) is 59.3 Å². The molecule has 1 saturated carbocycles. The molecule has 1 aromatic heterocycles. The number of nitrogens with one attached hydrogen (secondary N) is 1. The third kappa shape index (κ3) is 6.33. The molecule has 9 heteroatoms. The summed E-state index contributed by atoms with van der Waals surface area (Å²) in [6.45, 7) is 10.5. The number of carbonyl (C=O) groups excluding carboxylic acids is 1. The Kier molecular flexibility index (Phi) is 6.64. The summed E-state index contributed by atoms with van der Waals surface area (Å²) in [4.78, 5) is 25.6. The summed E-state index contributed by atoms with van der Waals surface area (Å²) in [5, 5.41) is 7.09. The number of amides is 1. The van der Waals surface area contributed by atoms with Crippen LogP contribution in [-0.4, -0.2) is 70.3 Å². The molecule has 2 aliphatic rings. The Hall–Kier alpha value is -2.32. The van der Waals surface area contributed by atoms with Crippen molar-refractivity contribution in [2.75, 3.05) is 26.7 Å². The Balaban J connectivity index is 1.54. The number of aromatic nitrogens is 2. The fourth-order valence-electron chi connectivity index (χ4n) is 3.56. The van der Waals surface area contributed by atoms with Crippen molar-refractivity contribution in [3.8, 4) is 0 Å². The number of rotatable bonds is 5. The summed E-state index contributed by atoms with van der Waals surface area (Å²) in [7, 11) is 1.77. The first-order valence-corrected chi connectivity index (χ1v) is 10.5. The van der Waals surface area contributed by atoms with Crippen molar-refractivity contribution in [3.63, 3.8) is 0 Å². The number of aliphatic imine (C=N–C) groups is 1. The zero-order valence-corrected chi connectivity index (χ0v) is 18.3. The third-order valence-corrected chi connectivity index (χ3v) is 5.16. The molecule has 2 heterocycles. The molecule has 1 aliphatic carbocycles. The second-order valence-corrected chi connectivity index (χ2v) is 8.93. The van der Waals surface area contributed by atoms with E-state index >= 15 is 0 Å². The van der Waals surface area contributed by atoms with E-state index in [1.54, 1.807) is 14.0 Å². The largest absolute Gasteiger partial charge is 0.444 e. The van der Waals surface area contributed by atoms with Crippen LogP contribution in [0.15, 0.2) is 9.52 Å². The molecular weight excluding hydrogens is 372 g/mol. The van der Waals surface area contributed by atoms with Crippen LogP contribution in [0.4, 0.5) is 4.79 Å². The lowest BCUT2D eigenvalue weighted by Crippen LogP contribution is -2.52. The van der Waals surface area contributed by atoms with Gasteiger partial charge in [-0.2, -0.15) is 4.98 Å². The molecule has 1 aliphatic heterocycles. The molecular formula is C20H34N6O3. The van der Waals surface area contributed by atoms with Gasteiger partial charge in [-0.25, -0.2) is 4.79 Å². The third-order valence-electron chi connectivity index (χ3n) is 5.16. The van der Waals surface area contributed by atoms with Gasteiger partial charge in [-0.3, -0.25) is 4.99 Å². The number of hydrogen-bond donors (Lipinski definition) is 1. The molecule has 1 N–H and O–H groups in total. The van der Waals surface area contributed by atoms with Crippen molar-refractivity contribution in [3.05, 3.63) is 11.7 Å². The lowest BCUT2D eigenvalue weighted by molar-refractivity contribution is 0.00927. The van der Waals surface area contributed by atoms with Gasteiger partial charge in [-0.1, -0.05) is 5.16 Å². The molecule has 0 spiro atoms. The van der Waals surface area contributed by atoms with Gasteiger partial charge >= 0.3 is 6.09 Å². The van der Waals surface area contributed by atoms with Crippen LogP contribution < -0.4 is 5.32 Å². The van der Waals surface area contributed by atoms with E-state index in [4.69, 9.17) is 9.26 Å². The van der Waals surface area contributed by atoms with Crippen LogP contribution in [0.3, 0.4) is 0 Å². The predicted octanol–water partition coefficient (Wildman–Crippen LogP) is 2.56. The van der Waals surface area contributed by atoms with Gasteiger partial charge in [0.1, 0.15) is 5.60 Å². The highest BCUT2D eigenvalue weighted by Gasteiger charge is 2.35. The van der Waals surface area contributed by atoms with Crippen LogP contribution in [0.1, 0.15) is 58.2 Å². The molecule has 1 saturated heterocycles. The minimum Gasteiger partial charge on any atom is -0.444 e. The van der Waals surface area contributed by atoms with Crippen LogP contribution >= 0.6 is 0 Å². The van der Waals surface area contributed by atoms with E-state index in [2.05, 4.69) is 25.3 Å². The highest BCUT2D eigenvalue weighted by atomic mass is 16.6. The smallest absolute Gasteiger partial charge is 0.410 e. The van der Waals surface area contributed by atoms with Gasteiger partial charge in [0.05, 0.1) is 6.54 Å². The van der Waals surface area contributed by atoms with E-state index in [1.807, 2.05) is 25.7 Å². The van der Waals surface area contributed by atoms with Crippen molar-refractivity contribution < 1.29 is 14.1 Å². The van der Waals surface area contributed by atoms with E-state index in [9.17, 15) is 4.79 Å². The first kappa shape index (κ1) is 21.4. The average Bonchev–Trinajstić information content (AvgIpc) is 3.39. The molecule has 2 fully saturated rings. The van der Waals surface area contributed by atoms with Crippen LogP contribution in [-0.2, 0) is 11.3 Å². The number of nitrogens with zero attached hydrogens (tertiary/aromatic N) is 5. The van der Waals surface area contributed by atoms with E-state index in [1.165, 1.54) is 12.8 Å². The lowest BCUT2D eigenvalue weighted by Gasteiger charge is -2.40. The van der Waals surface area contributed by atoms with Crippen LogP contribution in [0, 0.1) is 12.8 Å². The summed E-state index contributed by atoms with van der Waals surface area (Å²) >= 11 is 0. The quantitative estimate of drug-likeness (QED) is 0.593. The Labute approximate surface area is 172 Å². The Morgan fingerprint density at radius 3 is 2.52 bits per heavy atom. The first-order valence-electron chi connectivity index (χ1n) is 10.5. The second-order valence-electron chi connectivity index (χ2n) is 8.93. The average molecular weight is 407 g/mol. The zero-order chi connectivity index (χ0) is 21.0. The molecule has 0 bridgehead atoms. The molecule has 29 heavy (non-hydrogen) atoms. The van der Waals surface area contributed by atoms with E-state index in [0.29, 0.717) is 24.2 Å². The summed E-state index contributed by atoms with van der Waals surface area (Å²) in [6.07, 6.45) is 4.03. The number of hydrogen-bond acceptors (Lipinski definition) is 6. The normalized spacial score (nSPS) is 18.7. The summed E-state index contributed by atoms with van der Waals surface area (Å²) in [5.41, 5.74) is -0.474. The maximum atomic E-state index is 12.8. The highest BCUT2D eigenvalue weighted by Crippen LogP contribution is 2.32. The maximum absolute atomic E-state index is 12.8. The molecule has 162 valence electrons. The van der Waals surface area contributed by atoms with Crippen LogP contribution in [0.2, 0.25) is 0 Å². The SMILES string of the molecule is CN=C(NCc1nc(C)no1)N1CCC(N(CC2CC2)C(=O)OC(C)(C)C)CC1. The van der Waals surface area contributed by atoms with Crippen LogP contribution in [0.25, 0.3) is 0 Å². The molecule has 0 radical (unpaired) electrons. The van der Waals surface area contributed by atoms with Crippen LogP contribution in [0.5, 0.6) is 0 Å². The number of likely N-dealkylation sites (tertiary alicyclic amines) is 1. The summed E-state index contributed by atoms with van der Waals surface area (Å²) < 4.78 is 10.8. The van der Waals surface area contributed by atoms with Gasteiger partial charge in [0.25, 0.3) is 0 Å². The number of aryl methyl sites for hydroxylation is 1. The fraction of sp³-hybridized carbons (Fsp3) is 0.800. The Morgan fingerprint density at radius 1 is 1.31 bits per heavy atom.